The minimum Gasteiger partial charge on any atom is -0.380 e. The summed E-state index contributed by atoms with van der Waals surface area (Å²) >= 11 is 0. The zero-order valence-electron chi connectivity index (χ0n) is 18.4. The van der Waals surface area contributed by atoms with Gasteiger partial charge in [0.1, 0.15) is 5.82 Å². The Kier molecular flexibility index (Phi) is 5.46. The monoisotopic (exact) mass is 419 g/mol. The highest BCUT2D eigenvalue weighted by atomic mass is 16.5. The Balaban J connectivity index is 1.35. The highest BCUT2D eigenvalue weighted by Gasteiger charge is 2.37. The molecule has 0 radical (unpaired) electrons. The van der Waals surface area contributed by atoms with E-state index in [0.29, 0.717) is 30.2 Å². The molecule has 1 fully saturated rings. The number of hydrogen-bond donors (Lipinski definition) is 0. The lowest BCUT2D eigenvalue weighted by Gasteiger charge is -2.25. The summed E-state index contributed by atoms with van der Waals surface area (Å²) in [5, 5.41) is 4.23. The number of rotatable bonds is 5. The minimum absolute atomic E-state index is 0.239. The summed E-state index contributed by atoms with van der Waals surface area (Å²) in [7, 11) is 1.79. The predicted molar refractivity (Wildman–Crippen MR) is 119 cm³/mol. The van der Waals surface area contributed by atoms with Gasteiger partial charge in [-0.05, 0) is 24.0 Å². The van der Waals surface area contributed by atoms with E-state index in [4.69, 9.17) is 9.26 Å². The van der Waals surface area contributed by atoms with Crippen LogP contribution in [0.5, 0.6) is 0 Å². The van der Waals surface area contributed by atoms with E-state index in [1.807, 2.05) is 12.3 Å². The minimum atomic E-state index is 0.239. The Bertz CT molecular complexity index is 1030. The molecule has 3 aromatic rings. The van der Waals surface area contributed by atoms with E-state index < -0.39 is 0 Å². The van der Waals surface area contributed by atoms with Crippen LogP contribution < -0.4 is 4.90 Å². The fraction of sp³-hybridized carbons (Fsp3) is 0.458. The molecule has 0 unspecified atom stereocenters. The van der Waals surface area contributed by atoms with Crippen LogP contribution in [0.2, 0.25) is 0 Å². The van der Waals surface area contributed by atoms with E-state index in [1.165, 1.54) is 11.1 Å². The van der Waals surface area contributed by atoms with Crippen molar-refractivity contribution in [3.63, 3.8) is 0 Å². The third-order valence-electron chi connectivity index (χ3n) is 6.37. The average molecular weight is 420 g/mol. The van der Waals surface area contributed by atoms with Gasteiger partial charge in [-0.2, -0.15) is 4.98 Å². The van der Waals surface area contributed by atoms with Gasteiger partial charge in [0.25, 0.3) is 0 Å². The highest BCUT2D eigenvalue weighted by Crippen LogP contribution is 2.33. The molecular formula is C24H29N5O2. The van der Waals surface area contributed by atoms with Crippen LogP contribution >= 0.6 is 0 Å². The van der Waals surface area contributed by atoms with Gasteiger partial charge in [-0.25, -0.2) is 4.98 Å². The van der Waals surface area contributed by atoms with Gasteiger partial charge in [-0.3, -0.25) is 4.90 Å². The van der Waals surface area contributed by atoms with Crippen molar-refractivity contribution < 1.29 is 9.26 Å². The van der Waals surface area contributed by atoms with E-state index in [2.05, 4.69) is 69.1 Å². The van der Waals surface area contributed by atoms with E-state index in [9.17, 15) is 0 Å². The maximum atomic E-state index is 5.66. The highest BCUT2D eigenvalue weighted by molar-refractivity contribution is 5.55. The van der Waals surface area contributed by atoms with Gasteiger partial charge < -0.3 is 14.2 Å². The normalized spacial score (nSPS) is 21.2. The second-order valence-corrected chi connectivity index (χ2v) is 8.84. The number of ether oxygens (including phenoxy) is 1. The number of nitrogens with zero attached hydrogens (tertiary/aromatic N) is 5. The summed E-state index contributed by atoms with van der Waals surface area (Å²) in [6.07, 6.45) is 3.12. The number of fused-ring (bicyclic) bond motifs is 3. The topological polar surface area (TPSA) is 67.5 Å². The van der Waals surface area contributed by atoms with Crippen LogP contribution in [0.4, 0.5) is 5.82 Å². The van der Waals surface area contributed by atoms with Crippen LogP contribution in [0.3, 0.4) is 0 Å². The second kappa shape index (κ2) is 8.40. The van der Waals surface area contributed by atoms with E-state index in [-0.39, 0.29) is 6.10 Å². The van der Waals surface area contributed by atoms with Gasteiger partial charge in [0, 0.05) is 50.1 Å². The molecule has 0 bridgehead atoms. The molecule has 2 atom stereocenters. The summed E-state index contributed by atoms with van der Waals surface area (Å²) in [5.41, 5.74) is 3.51. The van der Waals surface area contributed by atoms with Crippen molar-refractivity contribution in [2.75, 3.05) is 25.1 Å². The lowest BCUT2D eigenvalue weighted by atomic mass is 10.0. The molecule has 0 amide bonds. The second-order valence-electron chi connectivity index (χ2n) is 8.84. The lowest BCUT2D eigenvalue weighted by molar-refractivity contribution is 0.114. The molecule has 0 saturated carbocycles. The van der Waals surface area contributed by atoms with Crippen molar-refractivity contribution in [3.8, 4) is 11.4 Å². The number of aromatic nitrogens is 3. The third-order valence-corrected chi connectivity index (χ3v) is 6.37. The summed E-state index contributed by atoms with van der Waals surface area (Å²) < 4.78 is 11.3. The molecule has 0 N–H and O–H groups in total. The van der Waals surface area contributed by atoms with Crippen molar-refractivity contribution in [3.05, 3.63) is 59.6 Å². The quantitative estimate of drug-likeness (QED) is 0.622. The van der Waals surface area contributed by atoms with Gasteiger partial charge in [0.15, 0.2) is 0 Å². The van der Waals surface area contributed by atoms with Crippen LogP contribution in [0.1, 0.15) is 43.2 Å². The van der Waals surface area contributed by atoms with Crippen LogP contribution in [0, 0.1) is 0 Å². The molecule has 7 heteroatoms. The Morgan fingerprint density at radius 1 is 1.16 bits per heavy atom. The van der Waals surface area contributed by atoms with E-state index >= 15 is 0 Å². The fourth-order valence-electron chi connectivity index (χ4n) is 4.66. The molecule has 162 valence electrons. The molecule has 31 heavy (non-hydrogen) atoms. The maximum absolute atomic E-state index is 5.66. The number of benzene rings is 1. The van der Waals surface area contributed by atoms with Crippen molar-refractivity contribution in [2.45, 2.75) is 51.4 Å². The van der Waals surface area contributed by atoms with E-state index in [0.717, 1.165) is 37.4 Å². The number of methoxy groups -OCH3 is 1. The molecule has 5 rings (SSSR count). The first-order valence-electron chi connectivity index (χ1n) is 11.0. The van der Waals surface area contributed by atoms with Crippen LogP contribution in [-0.4, -0.2) is 52.4 Å². The van der Waals surface area contributed by atoms with Gasteiger partial charge in [0.2, 0.25) is 11.7 Å². The van der Waals surface area contributed by atoms with Crippen LogP contribution in [0.15, 0.2) is 47.1 Å². The number of hydrogen-bond acceptors (Lipinski definition) is 7. The van der Waals surface area contributed by atoms with Crippen molar-refractivity contribution >= 4 is 5.82 Å². The molecule has 2 aromatic heterocycles. The van der Waals surface area contributed by atoms with Crippen LogP contribution in [0.25, 0.3) is 11.4 Å². The zero-order valence-corrected chi connectivity index (χ0v) is 18.4. The Labute approximate surface area is 183 Å². The molecule has 2 aliphatic heterocycles. The summed E-state index contributed by atoms with van der Waals surface area (Å²) in [6.45, 7) is 7.61. The smallest absolute Gasteiger partial charge is 0.241 e. The van der Waals surface area contributed by atoms with Gasteiger partial charge in [-0.15, -0.1) is 0 Å². The number of anilines is 1. The molecular weight excluding hydrogens is 390 g/mol. The Morgan fingerprint density at radius 2 is 2.00 bits per heavy atom. The van der Waals surface area contributed by atoms with Crippen molar-refractivity contribution in [1.82, 2.24) is 20.0 Å². The molecule has 4 heterocycles. The Morgan fingerprint density at radius 3 is 2.77 bits per heavy atom. The first kappa shape index (κ1) is 20.2. The molecule has 7 nitrogen and oxygen atoms in total. The summed E-state index contributed by atoms with van der Waals surface area (Å²) in [4.78, 5) is 14.1. The largest absolute Gasteiger partial charge is 0.380 e. The molecule has 0 aliphatic carbocycles. The lowest BCUT2D eigenvalue weighted by Crippen LogP contribution is -2.37. The third kappa shape index (κ3) is 4.07. The zero-order chi connectivity index (χ0) is 21.4. The molecule has 1 aromatic carbocycles. The predicted octanol–water partition coefficient (Wildman–Crippen LogP) is 3.86. The molecule has 1 saturated heterocycles. The SMILES string of the molecule is CO[C@@H]1C[C@H]2CN(Cc3nc(-c4ccc(C(C)C)cc4)no3)Cc3cccnc3N2C1. The van der Waals surface area contributed by atoms with Gasteiger partial charge in [0.05, 0.1) is 12.6 Å². The van der Waals surface area contributed by atoms with Gasteiger partial charge >= 0.3 is 0 Å². The van der Waals surface area contributed by atoms with Crippen molar-refractivity contribution in [1.29, 1.82) is 0 Å². The number of pyridine rings is 1. The Hall–Kier alpha value is -2.77. The molecule has 0 spiro atoms. The fourth-order valence-corrected chi connectivity index (χ4v) is 4.66. The van der Waals surface area contributed by atoms with Crippen molar-refractivity contribution in [2.24, 2.45) is 0 Å². The summed E-state index contributed by atoms with van der Waals surface area (Å²) in [5.74, 6) is 2.86. The van der Waals surface area contributed by atoms with Gasteiger partial charge in [-0.1, -0.05) is 49.3 Å². The first-order chi connectivity index (χ1) is 15.1. The first-order valence-corrected chi connectivity index (χ1v) is 11.0. The molecule has 2 aliphatic rings. The van der Waals surface area contributed by atoms with Crippen LogP contribution in [-0.2, 0) is 17.8 Å². The van der Waals surface area contributed by atoms with E-state index in [1.54, 1.807) is 7.11 Å². The maximum Gasteiger partial charge on any atom is 0.241 e. The standard InChI is InChI=1S/C24H29N5O2/c1-16(2)17-6-8-18(9-7-17)23-26-22(31-27-23)15-28-12-19-5-4-10-25-24(19)29-14-21(30-3)11-20(29)13-28/h4-10,16,20-21H,11-15H2,1-3H3/t20-,21+/m0/s1. The summed E-state index contributed by atoms with van der Waals surface area (Å²) in [6, 6.07) is 12.9. The average Bonchev–Trinajstić information content (AvgIpc) is 3.38.